The monoisotopic (exact) mass is 456 g/mol. The Hall–Kier alpha value is -3.46. The molecular weight excluding hydrogens is 427 g/mol. The summed E-state index contributed by atoms with van der Waals surface area (Å²) in [4.78, 5) is 40.3. The first-order valence-corrected chi connectivity index (χ1v) is 10.9. The van der Waals surface area contributed by atoms with Gasteiger partial charge in [-0.2, -0.15) is 0 Å². The molecule has 3 N–H and O–H groups in total. The molecule has 0 aliphatic carbocycles. The zero-order valence-corrected chi connectivity index (χ0v) is 18.6. The zero-order chi connectivity index (χ0) is 23.8. The van der Waals surface area contributed by atoms with E-state index in [-0.39, 0.29) is 43.2 Å². The van der Waals surface area contributed by atoms with E-state index in [1.54, 1.807) is 36.3 Å². The van der Waals surface area contributed by atoms with Crippen molar-refractivity contribution in [3.8, 4) is 5.75 Å². The second kappa shape index (κ2) is 11.4. The number of amides is 3. The Balaban J connectivity index is 1.54. The van der Waals surface area contributed by atoms with Crippen molar-refractivity contribution in [2.45, 2.75) is 25.3 Å². The minimum atomic E-state index is -0.473. The van der Waals surface area contributed by atoms with Gasteiger partial charge in [0.05, 0.1) is 13.7 Å². The number of rotatable bonds is 9. The van der Waals surface area contributed by atoms with Gasteiger partial charge in [0.25, 0.3) is 5.91 Å². The number of nitrogens with zero attached hydrogens (tertiary/aromatic N) is 2. The molecule has 1 aliphatic rings. The van der Waals surface area contributed by atoms with Crippen LogP contribution < -0.4 is 20.7 Å². The average molecular weight is 457 g/mol. The van der Waals surface area contributed by atoms with Crippen LogP contribution in [0.15, 0.2) is 48.5 Å². The number of nitrogens with two attached hydrogens (primary N) is 1. The molecule has 0 aromatic heterocycles. The summed E-state index contributed by atoms with van der Waals surface area (Å²) in [5.74, 6) is -0.550. The Labute approximate surface area is 192 Å². The quantitative estimate of drug-likeness (QED) is 0.600. The molecule has 3 amide bonds. The summed E-state index contributed by atoms with van der Waals surface area (Å²) in [5, 5.41) is 2.97. The molecule has 2 aromatic rings. The smallest absolute Gasteiger partial charge is 0.251 e. The number of halogens is 1. The summed E-state index contributed by atoms with van der Waals surface area (Å²) in [6.07, 6.45) is 1.46. The predicted molar refractivity (Wildman–Crippen MR) is 122 cm³/mol. The van der Waals surface area contributed by atoms with Gasteiger partial charge in [-0.1, -0.05) is 0 Å². The molecule has 2 aromatic carbocycles. The molecule has 1 aliphatic heterocycles. The maximum atomic E-state index is 13.1. The largest absolute Gasteiger partial charge is 0.497 e. The fourth-order valence-electron chi connectivity index (χ4n) is 3.76. The lowest BCUT2D eigenvalue weighted by atomic mass is 10.0. The van der Waals surface area contributed by atoms with Crippen molar-refractivity contribution in [3.05, 3.63) is 59.9 Å². The van der Waals surface area contributed by atoms with Crippen LogP contribution in [-0.2, 0) is 9.59 Å². The molecule has 1 saturated heterocycles. The number of carbonyl (C=O) groups excluding carboxylic acids is 3. The van der Waals surface area contributed by atoms with Crippen LogP contribution in [0, 0.1) is 5.82 Å². The number of ether oxygens (including phenoxy) is 1. The van der Waals surface area contributed by atoms with Crippen LogP contribution >= 0.6 is 0 Å². The third kappa shape index (κ3) is 7.01. The molecule has 1 fully saturated rings. The Bertz CT molecular complexity index is 957. The van der Waals surface area contributed by atoms with E-state index in [0.717, 1.165) is 0 Å². The lowest BCUT2D eigenvalue weighted by Gasteiger charge is -2.33. The topological polar surface area (TPSA) is 105 Å². The van der Waals surface area contributed by atoms with E-state index >= 15 is 0 Å². The highest BCUT2D eigenvalue weighted by atomic mass is 19.1. The first-order chi connectivity index (χ1) is 15.9. The fourth-order valence-corrected chi connectivity index (χ4v) is 3.76. The standard InChI is InChI=1S/C24H29FN4O4/c1-33-21-8-6-20(7-9-21)29(15-12-22(26)30)23(31)16-28-13-10-19(11-14-28)27-24(32)17-2-4-18(25)5-3-17/h2-9,19H,10-16H2,1H3,(H2,26,30)(H,27,32). The van der Waals surface area contributed by atoms with E-state index in [1.165, 1.54) is 24.3 Å². The fraction of sp³-hybridized carbons (Fsp3) is 0.375. The van der Waals surface area contributed by atoms with Crippen LogP contribution in [0.3, 0.4) is 0 Å². The second-order valence-corrected chi connectivity index (χ2v) is 7.99. The van der Waals surface area contributed by atoms with Crippen molar-refractivity contribution < 1.29 is 23.5 Å². The Morgan fingerprint density at radius 2 is 1.73 bits per heavy atom. The highest BCUT2D eigenvalue weighted by molar-refractivity contribution is 5.95. The molecule has 0 radical (unpaired) electrons. The summed E-state index contributed by atoms with van der Waals surface area (Å²) >= 11 is 0. The highest BCUT2D eigenvalue weighted by Gasteiger charge is 2.25. The summed E-state index contributed by atoms with van der Waals surface area (Å²) in [6, 6.07) is 12.5. The summed E-state index contributed by atoms with van der Waals surface area (Å²) in [6.45, 7) is 1.69. The van der Waals surface area contributed by atoms with Crippen LogP contribution in [0.25, 0.3) is 0 Å². The van der Waals surface area contributed by atoms with E-state index in [2.05, 4.69) is 5.32 Å². The van der Waals surface area contributed by atoms with Crippen molar-refractivity contribution in [1.29, 1.82) is 0 Å². The van der Waals surface area contributed by atoms with Gasteiger partial charge in [-0.15, -0.1) is 0 Å². The van der Waals surface area contributed by atoms with Gasteiger partial charge in [-0.25, -0.2) is 4.39 Å². The average Bonchev–Trinajstić information content (AvgIpc) is 2.81. The molecule has 33 heavy (non-hydrogen) atoms. The van der Waals surface area contributed by atoms with Crippen molar-refractivity contribution in [3.63, 3.8) is 0 Å². The number of benzene rings is 2. The van der Waals surface area contributed by atoms with Crippen LogP contribution in [0.2, 0.25) is 0 Å². The van der Waals surface area contributed by atoms with Crippen molar-refractivity contribution >= 4 is 23.4 Å². The number of hydrogen-bond donors (Lipinski definition) is 2. The molecule has 9 heteroatoms. The minimum Gasteiger partial charge on any atom is -0.497 e. The van der Waals surface area contributed by atoms with Gasteiger partial charge >= 0.3 is 0 Å². The number of methoxy groups -OCH3 is 1. The first-order valence-electron chi connectivity index (χ1n) is 10.9. The number of anilines is 1. The number of carbonyl (C=O) groups is 3. The van der Waals surface area contributed by atoms with Gasteiger partial charge in [-0.05, 0) is 61.4 Å². The maximum Gasteiger partial charge on any atom is 0.251 e. The minimum absolute atomic E-state index is 0.0125. The van der Waals surface area contributed by atoms with Crippen LogP contribution in [0.1, 0.15) is 29.6 Å². The van der Waals surface area contributed by atoms with Gasteiger partial charge in [0.2, 0.25) is 11.8 Å². The molecule has 0 spiro atoms. The Morgan fingerprint density at radius 3 is 2.30 bits per heavy atom. The van der Waals surface area contributed by atoms with Crippen LogP contribution in [-0.4, -0.2) is 62.0 Å². The number of hydrogen-bond acceptors (Lipinski definition) is 5. The number of piperidine rings is 1. The third-order valence-electron chi connectivity index (χ3n) is 5.66. The van der Waals surface area contributed by atoms with Crippen molar-refractivity contribution in [2.24, 2.45) is 5.73 Å². The summed E-state index contributed by atoms with van der Waals surface area (Å²) < 4.78 is 18.2. The van der Waals surface area contributed by atoms with E-state index in [0.29, 0.717) is 42.9 Å². The molecule has 0 unspecified atom stereocenters. The van der Waals surface area contributed by atoms with Crippen molar-refractivity contribution in [1.82, 2.24) is 10.2 Å². The van der Waals surface area contributed by atoms with Gasteiger partial charge in [0.1, 0.15) is 11.6 Å². The number of primary amides is 1. The molecule has 0 atom stereocenters. The van der Waals surface area contributed by atoms with E-state index in [1.807, 2.05) is 4.90 Å². The van der Waals surface area contributed by atoms with Crippen molar-refractivity contribution in [2.75, 3.05) is 38.2 Å². The normalized spacial score (nSPS) is 14.5. The van der Waals surface area contributed by atoms with Gasteiger partial charge in [-0.3, -0.25) is 19.3 Å². The maximum absolute atomic E-state index is 13.1. The Morgan fingerprint density at radius 1 is 1.09 bits per heavy atom. The lowest BCUT2D eigenvalue weighted by molar-refractivity contribution is -0.120. The highest BCUT2D eigenvalue weighted by Crippen LogP contribution is 2.20. The molecule has 0 bridgehead atoms. The number of likely N-dealkylation sites (tertiary alicyclic amines) is 1. The zero-order valence-electron chi connectivity index (χ0n) is 18.6. The third-order valence-corrected chi connectivity index (χ3v) is 5.66. The lowest BCUT2D eigenvalue weighted by Crippen LogP contribution is -2.48. The molecule has 3 rings (SSSR count). The molecule has 0 saturated carbocycles. The first kappa shape index (κ1) is 24.2. The summed E-state index contributed by atoms with van der Waals surface area (Å²) in [5.41, 5.74) is 6.38. The molecular formula is C24H29FN4O4. The van der Waals surface area contributed by atoms with Gasteiger partial charge in [0.15, 0.2) is 0 Å². The molecule has 1 heterocycles. The SMILES string of the molecule is COc1ccc(N(CCC(N)=O)C(=O)CN2CCC(NC(=O)c3ccc(F)cc3)CC2)cc1. The van der Waals surface area contributed by atoms with E-state index in [4.69, 9.17) is 10.5 Å². The van der Waals surface area contributed by atoms with Crippen LogP contribution in [0.4, 0.5) is 10.1 Å². The van der Waals surface area contributed by atoms with Crippen LogP contribution in [0.5, 0.6) is 5.75 Å². The predicted octanol–water partition coefficient (Wildman–Crippen LogP) is 1.94. The van der Waals surface area contributed by atoms with Gasteiger partial charge < -0.3 is 20.7 Å². The summed E-state index contributed by atoms with van der Waals surface area (Å²) in [7, 11) is 1.57. The van der Waals surface area contributed by atoms with Gasteiger partial charge in [0, 0.05) is 43.3 Å². The Kier molecular flexibility index (Phi) is 8.37. The molecule has 8 nitrogen and oxygen atoms in total. The molecule has 176 valence electrons. The number of nitrogens with one attached hydrogen (secondary N) is 1. The second-order valence-electron chi connectivity index (χ2n) is 7.99. The van der Waals surface area contributed by atoms with E-state index < -0.39 is 5.91 Å². The van der Waals surface area contributed by atoms with E-state index in [9.17, 15) is 18.8 Å².